The highest BCUT2D eigenvalue weighted by molar-refractivity contribution is 5.26. The Morgan fingerprint density at radius 2 is 1.86 bits per heavy atom. The van der Waals surface area contributed by atoms with Crippen LogP contribution in [0.2, 0.25) is 0 Å². The van der Waals surface area contributed by atoms with E-state index in [1.165, 1.54) is 19.3 Å². The number of rotatable bonds is 9. The molecule has 2 nitrogen and oxygen atoms in total. The van der Waals surface area contributed by atoms with Crippen LogP contribution >= 0.6 is 0 Å². The summed E-state index contributed by atoms with van der Waals surface area (Å²) in [5.74, 6) is 7.22. The first kappa shape index (κ1) is 17.3. The average molecular weight is 286 g/mol. The standard InChI is InChI=1S/C19H26O2/c1-3-4-5-6-7-8-9-10-11-16-21-17-18-12-14-19(20-2)15-13-18/h10-15H,3-6,9,16-17H2,1-2H3/b11-10-. The van der Waals surface area contributed by atoms with E-state index in [-0.39, 0.29) is 0 Å². The summed E-state index contributed by atoms with van der Waals surface area (Å²) in [6.45, 7) is 3.46. The molecule has 1 aromatic rings. The molecule has 0 heterocycles. The molecular formula is C19H26O2. The molecule has 0 radical (unpaired) electrons. The van der Waals surface area contributed by atoms with Crippen molar-refractivity contribution in [3.8, 4) is 17.6 Å². The number of ether oxygens (including phenoxy) is 2. The Balaban J connectivity index is 2.06. The molecule has 0 aliphatic heterocycles. The smallest absolute Gasteiger partial charge is 0.118 e. The van der Waals surface area contributed by atoms with Gasteiger partial charge in [0.15, 0.2) is 0 Å². The van der Waals surface area contributed by atoms with Gasteiger partial charge in [-0.15, -0.1) is 5.92 Å². The maximum atomic E-state index is 5.58. The van der Waals surface area contributed by atoms with E-state index in [4.69, 9.17) is 9.47 Å². The normalized spacial score (nSPS) is 10.4. The van der Waals surface area contributed by atoms with Crippen molar-refractivity contribution in [3.05, 3.63) is 42.0 Å². The lowest BCUT2D eigenvalue weighted by Crippen LogP contribution is -1.92. The zero-order valence-corrected chi connectivity index (χ0v) is 13.2. The van der Waals surface area contributed by atoms with Crippen molar-refractivity contribution < 1.29 is 9.47 Å². The molecule has 0 N–H and O–H groups in total. The average Bonchev–Trinajstić information content (AvgIpc) is 2.53. The van der Waals surface area contributed by atoms with Gasteiger partial charge in [0, 0.05) is 12.8 Å². The molecule has 0 bridgehead atoms. The second-order valence-electron chi connectivity index (χ2n) is 4.85. The highest BCUT2D eigenvalue weighted by Gasteiger charge is 1.93. The van der Waals surface area contributed by atoms with Gasteiger partial charge in [0.1, 0.15) is 5.75 Å². The second-order valence-corrected chi connectivity index (χ2v) is 4.85. The van der Waals surface area contributed by atoms with Crippen molar-refractivity contribution in [3.63, 3.8) is 0 Å². The van der Waals surface area contributed by atoms with E-state index in [1.807, 2.05) is 30.3 Å². The van der Waals surface area contributed by atoms with Gasteiger partial charge in [-0.25, -0.2) is 0 Å². The summed E-state index contributed by atoms with van der Waals surface area (Å²) in [5.41, 5.74) is 1.15. The Morgan fingerprint density at radius 1 is 1.05 bits per heavy atom. The van der Waals surface area contributed by atoms with Crippen LogP contribution in [0.1, 0.15) is 44.6 Å². The molecule has 0 saturated carbocycles. The summed E-state index contributed by atoms with van der Waals surface area (Å²) in [7, 11) is 1.67. The summed E-state index contributed by atoms with van der Waals surface area (Å²) in [6.07, 6.45) is 9.70. The van der Waals surface area contributed by atoms with Gasteiger partial charge in [-0.1, -0.05) is 50.0 Å². The number of unbranched alkanes of at least 4 members (excludes halogenated alkanes) is 3. The number of hydrogen-bond acceptors (Lipinski definition) is 2. The Morgan fingerprint density at radius 3 is 2.57 bits per heavy atom. The summed E-state index contributed by atoms with van der Waals surface area (Å²) >= 11 is 0. The summed E-state index contributed by atoms with van der Waals surface area (Å²) < 4.78 is 10.7. The van der Waals surface area contributed by atoms with Gasteiger partial charge in [0.25, 0.3) is 0 Å². The van der Waals surface area contributed by atoms with Crippen LogP contribution in [-0.4, -0.2) is 13.7 Å². The highest BCUT2D eigenvalue weighted by atomic mass is 16.5. The lowest BCUT2D eigenvalue weighted by molar-refractivity contribution is 0.148. The molecule has 0 aliphatic carbocycles. The monoisotopic (exact) mass is 286 g/mol. The Labute approximate surface area is 129 Å². The molecule has 1 aromatic carbocycles. The fraction of sp³-hybridized carbons (Fsp3) is 0.474. The Bertz CT molecular complexity index is 449. The second kappa shape index (κ2) is 12.1. The molecule has 0 aliphatic rings. The molecule has 0 saturated heterocycles. The van der Waals surface area contributed by atoms with Gasteiger partial charge in [0.2, 0.25) is 0 Å². The van der Waals surface area contributed by atoms with Crippen LogP contribution in [0.5, 0.6) is 5.75 Å². The highest BCUT2D eigenvalue weighted by Crippen LogP contribution is 2.11. The van der Waals surface area contributed by atoms with E-state index in [0.29, 0.717) is 13.2 Å². The van der Waals surface area contributed by atoms with Crippen LogP contribution in [0.3, 0.4) is 0 Å². The van der Waals surface area contributed by atoms with Gasteiger partial charge in [0.05, 0.1) is 20.3 Å². The molecule has 0 aromatic heterocycles. The first-order chi connectivity index (χ1) is 10.4. The molecule has 21 heavy (non-hydrogen) atoms. The van der Waals surface area contributed by atoms with E-state index in [1.54, 1.807) is 7.11 Å². The molecular weight excluding hydrogens is 260 g/mol. The van der Waals surface area contributed by atoms with Gasteiger partial charge < -0.3 is 9.47 Å². The lowest BCUT2D eigenvalue weighted by Gasteiger charge is -2.03. The van der Waals surface area contributed by atoms with Crippen LogP contribution in [0, 0.1) is 11.8 Å². The third-order valence-electron chi connectivity index (χ3n) is 3.06. The van der Waals surface area contributed by atoms with Crippen LogP contribution in [0.25, 0.3) is 0 Å². The summed E-state index contributed by atoms with van der Waals surface area (Å²) in [6, 6.07) is 7.93. The van der Waals surface area contributed by atoms with Crippen LogP contribution in [0.15, 0.2) is 36.4 Å². The third kappa shape index (κ3) is 8.94. The minimum atomic E-state index is 0.622. The Kier molecular flexibility index (Phi) is 9.95. The largest absolute Gasteiger partial charge is 0.497 e. The summed E-state index contributed by atoms with van der Waals surface area (Å²) in [4.78, 5) is 0. The Hall–Kier alpha value is -1.72. The molecule has 0 amide bonds. The number of hydrogen-bond donors (Lipinski definition) is 0. The number of methoxy groups -OCH3 is 1. The van der Waals surface area contributed by atoms with Crippen molar-refractivity contribution >= 4 is 0 Å². The van der Waals surface area contributed by atoms with Crippen molar-refractivity contribution in [2.45, 2.75) is 45.6 Å². The van der Waals surface area contributed by atoms with Crippen molar-refractivity contribution in [2.75, 3.05) is 13.7 Å². The number of benzene rings is 1. The van der Waals surface area contributed by atoms with Gasteiger partial charge in [-0.2, -0.15) is 0 Å². The van der Waals surface area contributed by atoms with Gasteiger partial charge in [-0.05, 0) is 24.1 Å². The molecule has 1 rings (SSSR count). The molecule has 0 spiro atoms. The first-order valence-electron chi connectivity index (χ1n) is 7.68. The molecule has 2 heteroatoms. The predicted molar refractivity (Wildman–Crippen MR) is 88.3 cm³/mol. The molecule has 114 valence electrons. The van der Waals surface area contributed by atoms with Crippen molar-refractivity contribution in [2.24, 2.45) is 0 Å². The third-order valence-corrected chi connectivity index (χ3v) is 3.06. The zero-order chi connectivity index (χ0) is 15.2. The SMILES string of the molecule is CCCCCC#CC/C=C\COCc1ccc(OC)cc1. The zero-order valence-electron chi connectivity index (χ0n) is 13.2. The van der Waals surface area contributed by atoms with Crippen molar-refractivity contribution in [1.29, 1.82) is 0 Å². The first-order valence-corrected chi connectivity index (χ1v) is 7.68. The number of allylic oxidation sites excluding steroid dienone is 1. The van der Waals surface area contributed by atoms with E-state index in [2.05, 4.69) is 24.8 Å². The van der Waals surface area contributed by atoms with E-state index < -0.39 is 0 Å². The fourth-order valence-corrected chi connectivity index (χ4v) is 1.80. The maximum absolute atomic E-state index is 5.58. The van der Waals surface area contributed by atoms with Gasteiger partial charge in [-0.3, -0.25) is 0 Å². The van der Waals surface area contributed by atoms with Crippen LogP contribution in [-0.2, 0) is 11.3 Å². The topological polar surface area (TPSA) is 18.5 Å². The minimum Gasteiger partial charge on any atom is -0.497 e. The van der Waals surface area contributed by atoms with Crippen LogP contribution < -0.4 is 4.74 Å². The predicted octanol–water partition coefficient (Wildman–Crippen LogP) is 4.74. The summed E-state index contributed by atoms with van der Waals surface area (Å²) in [5, 5.41) is 0. The molecule has 0 atom stereocenters. The van der Waals surface area contributed by atoms with Crippen LogP contribution in [0.4, 0.5) is 0 Å². The minimum absolute atomic E-state index is 0.622. The van der Waals surface area contributed by atoms with Gasteiger partial charge >= 0.3 is 0 Å². The molecule has 0 unspecified atom stereocenters. The molecule has 0 fully saturated rings. The van der Waals surface area contributed by atoms with Crippen molar-refractivity contribution in [1.82, 2.24) is 0 Å². The quantitative estimate of drug-likeness (QED) is 0.371. The maximum Gasteiger partial charge on any atom is 0.118 e. The van der Waals surface area contributed by atoms with E-state index in [0.717, 1.165) is 24.2 Å². The lowest BCUT2D eigenvalue weighted by atomic mass is 10.2. The van der Waals surface area contributed by atoms with E-state index in [9.17, 15) is 0 Å². The van der Waals surface area contributed by atoms with E-state index >= 15 is 0 Å². The fourth-order valence-electron chi connectivity index (χ4n) is 1.80.